The van der Waals surface area contributed by atoms with Gasteiger partial charge in [-0.05, 0) is 54.2 Å². The van der Waals surface area contributed by atoms with Crippen molar-refractivity contribution in [1.29, 1.82) is 0 Å². The predicted molar refractivity (Wildman–Crippen MR) is 105 cm³/mol. The van der Waals surface area contributed by atoms with Gasteiger partial charge in [-0.3, -0.25) is 0 Å². The molecule has 2 nitrogen and oxygen atoms in total. The van der Waals surface area contributed by atoms with Gasteiger partial charge in [0.15, 0.2) is 11.6 Å². The minimum atomic E-state index is -1.19. The van der Waals surface area contributed by atoms with Gasteiger partial charge in [-0.1, -0.05) is 30.3 Å². The van der Waals surface area contributed by atoms with Gasteiger partial charge in [-0.2, -0.15) is 0 Å². The first-order valence-corrected chi connectivity index (χ1v) is 10.0. The third kappa shape index (κ3) is 3.27. The van der Waals surface area contributed by atoms with Gasteiger partial charge in [-0.25, -0.2) is 13.2 Å². The van der Waals surface area contributed by atoms with Gasteiger partial charge in [0.1, 0.15) is 17.7 Å². The summed E-state index contributed by atoms with van der Waals surface area (Å²) in [6, 6.07) is 11.8. The highest BCUT2D eigenvalue weighted by molar-refractivity contribution is 5.93. The number of aryl methyl sites for hydroxylation is 1. The molecule has 150 valence electrons. The molecule has 3 aromatic carbocycles. The van der Waals surface area contributed by atoms with E-state index in [2.05, 4.69) is 12.1 Å². The van der Waals surface area contributed by atoms with Crippen LogP contribution in [0.4, 0.5) is 13.2 Å². The molecule has 29 heavy (non-hydrogen) atoms. The summed E-state index contributed by atoms with van der Waals surface area (Å²) in [7, 11) is 0. The van der Waals surface area contributed by atoms with Crippen LogP contribution < -0.4 is 4.74 Å². The first-order valence-electron chi connectivity index (χ1n) is 10.0. The smallest absolute Gasteiger partial charge is 0.161 e. The molecule has 2 aliphatic rings. The SMILES string of the molecule is Fc1cc(F)c(C2CCc3cc(C4CCOCC4)c4ccccc4c3O2)cc1F. The van der Waals surface area contributed by atoms with Crippen LogP contribution in [0.2, 0.25) is 0 Å². The number of hydrogen-bond acceptors (Lipinski definition) is 2. The predicted octanol–water partition coefficient (Wildman–Crippen LogP) is 6.22. The van der Waals surface area contributed by atoms with Crippen molar-refractivity contribution in [3.8, 4) is 5.75 Å². The fourth-order valence-electron chi connectivity index (χ4n) is 4.60. The van der Waals surface area contributed by atoms with E-state index in [9.17, 15) is 13.2 Å². The molecule has 3 aromatic rings. The molecule has 5 rings (SSSR count). The molecule has 0 aliphatic carbocycles. The van der Waals surface area contributed by atoms with E-state index in [4.69, 9.17) is 9.47 Å². The topological polar surface area (TPSA) is 18.5 Å². The molecule has 2 heterocycles. The van der Waals surface area contributed by atoms with E-state index in [0.717, 1.165) is 54.2 Å². The Kier molecular flexibility index (Phi) is 4.70. The van der Waals surface area contributed by atoms with E-state index in [1.54, 1.807) is 0 Å². The summed E-state index contributed by atoms with van der Waals surface area (Å²) in [5.41, 5.74) is 2.46. The number of benzene rings is 3. The Morgan fingerprint density at radius 3 is 2.28 bits per heavy atom. The highest BCUT2D eigenvalue weighted by Crippen LogP contribution is 2.44. The molecule has 0 aromatic heterocycles. The third-order valence-electron chi connectivity index (χ3n) is 6.09. The molecule has 0 spiro atoms. The normalized spacial score (nSPS) is 19.8. The van der Waals surface area contributed by atoms with Crippen LogP contribution in [0, 0.1) is 17.5 Å². The molecule has 1 atom stereocenters. The van der Waals surface area contributed by atoms with Crippen LogP contribution in [-0.2, 0) is 11.2 Å². The van der Waals surface area contributed by atoms with Crippen molar-refractivity contribution in [1.82, 2.24) is 0 Å². The van der Waals surface area contributed by atoms with Crippen LogP contribution in [0.3, 0.4) is 0 Å². The van der Waals surface area contributed by atoms with Crippen LogP contribution in [-0.4, -0.2) is 13.2 Å². The molecule has 1 saturated heterocycles. The quantitative estimate of drug-likeness (QED) is 0.477. The van der Waals surface area contributed by atoms with Crippen molar-refractivity contribution in [2.45, 2.75) is 37.7 Å². The Balaban J connectivity index is 1.58. The summed E-state index contributed by atoms with van der Waals surface area (Å²) >= 11 is 0. The number of halogens is 3. The molecule has 0 bridgehead atoms. The highest BCUT2D eigenvalue weighted by Gasteiger charge is 2.29. The summed E-state index contributed by atoms with van der Waals surface area (Å²) in [4.78, 5) is 0. The molecule has 2 aliphatic heterocycles. The highest BCUT2D eigenvalue weighted by atomic mass is 19.2. The van der Waals surface area contributed by atoms with Crippen molar-refractivity contribution in [3.05, 3.63) is 76.6 Å². The molecule has 5 heteroatoms. The van der Waals surface area contributed by atoms with Gasteiger partial charge in [0, 0.05) is 30.2 Å². The van der Waals surface area contributed by atoms with Crippen LogP contribution in [0.5, 0.6) is 5.75 Å². The summed E-state index contributed by atoms with van der Waals surface area (Å²) in [5.74, 6) is -1.86. The Morgan fingerprint density at radius 1 is 0.759 bits per heavy atom. The molecule has 0 N–H and O–H groups in total. The average molecular weight is 398 g/mol. The molecule has 1 fully saturated rings. The van der Waals surface area contributed by atoms with Crippen LogP contribution >= 0.6 is 0 Å². The van der Waals surface area contributed by atoms with Crippen molar-refractivity contribution < 1.29 is 22.6 Å². The molecule has 0 radical (unpaired) electrons. The maximum atomic E-state index is 14.3. The van der Waals surface area contributed by atoms with Gasteiger partial charge in [-0.15, -0.1) is 0 Å². The largest absolute Gasteiger partial charge is 0.485 e. The Bertz CT molecular complexity index is 1070. The lowest BCUT2D eigenvalue weighted by molar-refractivity contribution is 0.0855. The van der Waals surface area contributed by atoms with Crippen LogP contribution in [0.1, 0.15) is 48.0 Å². The van der Waals surface area contributed by atoms with E-state index in [0.29, 0.717) is 24.8 Å². The van der Waals surface area contributed by atoms with E-state index in [1.807, 2.05) is 18.2 Å². The Labute approximate surface area is 167 Å². The number of fused-ring (bicyclic) bond motifs is 3. The Hall–Kier alpha value is -2.53. The van der Waals surface area contributed by atoms with Gasteiger partial charge >= 0.3 is 0 Å². The average Bonchev–Trinajstić information content (AvgIpc) is 2.76. The zero-order valence-corrected chi connectivity index (χ0v) is 15.9. The number of rotatable bonds is 2. The number of hydrogen-bond donors (Lipinski definition) is 0. The lowest BCUT2D eigenvalue weighted by Crippen LogP contribution is -2.19. The van der Waals surface area contributed by atoms with Crippen LogP contribution in [0.25, 0.3) is 10.8 Å². The summed E-state index contributed by atoms with van der Waals surface area (Å²) < 4.78 is 53.1. The van der Waals surface area contributed by atoms with E-state index < -0.39 is 23.6 Å². The lowest BCUT2D eigenvalue weighted by atomic mass is 9.84. The number of ether oxygens (including phenoxy) is 2. The van der Waals surface area contributed by atoms with E-state index >= 15 is 0 Å². The standard InChI is InChI=1S/C24H21F3O2/c25-20-13-22(27)21(26)12-19(20)23-6-5-15-11-18(14-7-9-28-10-8-14)16-3-1-2-4-17(16)24(15)29-23/h1-4,11-14,23H,5-10H2. The Morgan fingerprint density at radius 2 is 1.48 bits per heavy atom. The monoisotopic (exact) mass is 398 g/mol. The molecular formula is C24H21F3O2. The first kappa shape index (κ1) is 18.5. The van der Waals surface area contributed by atoms with Crippen molar-refractivity contribution in [3.63, 3.8) is 0 Å². The van der Waals surface area contributed by atoms with Gasteiger partial charge in [0.05, 0.1) is 0 Å². The zero-order valence-electron chi connectivity index (χ0n) is 15.9. The maximum absolute atomic E-state index is 14.3. The van der Waals surface area contributed by atoms with Gasteiger partial charge in [0.25, 0.3) is 0 Å². The zero-order chi connectivity index (χ0) is 20.0. The molecule has 0 amide bonds. The van der Waals surface area contributed by atoms with Crippen molar-refractivity contribution in [2.24, 2.45) is 0 Å². The fourth-order valence-corrected chi connectivity index (χ4v) is 4.60. The molecule has 1 unspecified atom stereocenters. The third-order valence-corrected chi connectivity index (χ3v) is 6.09. The fraction of sp³-hybridized carbons (Fsp3) is 0.333. The maximum Gasteiger partial charge on any atom is 0.161 e. The second-order valence-electron chi connectivity index (χ2n) is 7.82. The van der Waals surface area contributed by atoms with Crippen molar-refractivity contribution in [2.75, 3.05) is 13.2 Å². The van der Waals surface area contributed by atoms with Gasteiger partial charge < -0.3 is 9.47 Å². The van der Waals surface area contributed by atoms with Crippen molar-refractivity contribution >= 4 is 10.8 Å². The van der Waals surface area contributed by atoms with E-state index in [1.165, 1.54) is 5.56 Å². The van der Waals surface area contributed by atoms with Gasteiger partial charge in [0.2, 0.25) is 0 Å². The lowest BCUT2D eigenvalue weighted by Gasteiger charge is -2.31. The van der Waals surface area contributed by atoms with E-state index in [-0.39, 0.29) is 5.56 Å². The van der Waals surface area contributed by atoms with Crippen LogP contribution in [0.15, 0.2) is 42.5 Å². The minimum absolute atomic E-state index is 0.0622. The first-order chi connectivity index (χ1) is 14.1. The summed E-state index contributed by atoms with van der Waals surface area (Å²) in [6.07, 6.45) is 2.55. The molecule has 0 saturated carbocycles. The molecular weight excluding hydrogens is 377 g/mol. The summed E-state index contributed by atoms with van der Waals surface area (Å²) in [5, 5.41) is 2.11. The minimum Gasteiger partial charge on any atom is -0.485 e. The second-order valence-corrected chi connectivity index (χ2v) is 7.82. The second kappa shape index (κ2) is 7.38. The summed E-state index contributed by atoms with van der Waals surface area (Å²) in [6.45, 7) is 1.54.